The minimum Gasteiger partial charge on any atom is -0.494 e. The van der Waals surface area contributed by atoms with Gasteiger partial charge in [0.15, 0.2) is 11.6 Å². The summed E-state index contributed by atoms with van der Waals surface area (Å²) in [6.07, 6.45) is 0. The first-order chi connectivity index (χ1) is 9.88. The zero-order chi connectivity index (χ0) is 15.6. The van der Waals surface area contributed by atoms with Gasteiger partial charge in [0.2, 0.25) is 5.91 Å². The Labute approximate surface area is 123 Å². The zero-order valence-electron chi connectivity index (χ0n) is 12.5. The van der Waals surface area contributed by atoms with Crippen LogP contribution in [0.4, 0.5) is 4.39 Å². The number of hydrogen-bond donors (Lipinski definition) is 2. The fourth-order valence-corrected chi connectivity index (χ4v) is 2.32. The van der Waals surface area contributed by atoms with Crippen LogP contribution in [-0.2, 0) is 9.53 Å². The number of carbonyl (C=O) groups excluding carboxylic acids is 1. The van der Waals surface area contributed by atoms with Crippen molar-refractivity contribution < 1.29 is 18.7 Å². The Morgan fingerprint density at radius 3 is 2.86 bits per heavy atom. The molecule has 1 aromatic rings. The molecule has 1 aliphatic heterocycles. The van der Waals surface area contributed by atoms with Gasteiger partial charge >= 0.3 is 0 Å². The molecule has 3 unspecified atom stereocenters. The van der Waals surface area contributed by atoms with Gasteiger partial charge in [-0.2, -0.15) is 0 Å². The van der Waals surface area contributed by atoms with E-state index in [2.05, 4.69) is 5.32 Å². The Kier molecular flexibility index (Phi) is 4.49. The van der Waals surface area contributed by atoms with Crippen LogP contribution in [0.2, 0.25) is 0 Å². The highest BCUT2D eigenvalue weighted by Gasteiger charge is 2.44. The third-order valence-corrected chi connectivity index (χ3v) is 4.06. The van der Waals surface area contributed by atoms with Crippen LogP contribution in [0.3, 0.4) is 0 Å². The number of halogens is 1. The van der Waals surface area contributed by atoms with Crippen molar-refractivity contribution in [1.29, 1.82) is 0 Å². The van der Waals surface area contributed by atoms with E-state index in [9.17, 15) is 9.18 Å². The molecular formula is C15H21FN2O3. The Balaban J connectivity index is 2.09. The molecule has 116 valence electrons. The van der Waals surface area contributed by atoms with Gasteiger partial charge in [0.25, 0.3) is 0 Å². The Morgan fingerprint density at radius 1 is 1.62 bits per heavy atom. The normalized spacial score (nSPS) is 26.4. The topological polar surface area (TPSA) is 73.6 Å². The van der Waals surface area contributed by atoms with Gasteiger partial charge in [-0.25, -0.2) is 4.39 Å². The lowest BCUT2D eigenvalue weighted by atomic mass is 9.84. The zero-order valence-corrected chi connectivity index (χ0v) is 12.5. The Bertz CT molecular complexity index is 538. The van der Waals surface area contributed by atoms with E-state index in [4.69, 9.17) is 15.2 Å². The van der Waals surface area contributed by atoms with Crippen LogP contribution in [0, 0.1) is 11.2 Å². The molecule has 5 nitrogen and oxygen atoms in total. The molecular weight excluding hydrogens is 275 g/mol. The highest BCUT2D eigenvalue weighted by molar-refractivity contribution is 5.84. The van der Waals surface area contributed by atoms with E-state index in [0.29, 0.717) is 18.8 Å². The largest absolute Gasteiger partial charge is 0.494 e. The van der Waals surface area contributed by atoms with Gasteiger partial charge < -0.3 is 20.5 Å². The molecule has 1 heterocycles. The second kappa shape index (κ2) is 5.99. The number of benzene rings is 1. The average molecular weight is 296 g/mol. The molecule has 0 aromatic heterocycles. The number of nitrogens with two attached hydrogens (primary N) is 1. The molecule has 3 N–H and O–H groups in total. The molecule has 1 aliphatic rings. The van der Waals surface area contributed by atoms with Crippen LogP contribution in [0.25, 0.3) is 0 Å². The van der Waals surface area contributed by atoms with E-state index in [-0.39, 0.29) is 23.7 Å². The maximum absolute atomic E-state index is 13.7. The van der Waals surface area contributed by atoms with Gasteiger partial charge in [-0.3, -0.25) is 4.79 Å². The lowest BCUT2D eigenvalue weighted by Crippen LogP contribution is -2.50. The molecule has 3 atom stereocenters. The number of amides is 1. The molecule has 0 aliphatic carbocycles. The summed E-state index contributed by atoms with van der Waals surface area (Å²) < 4.78 is 23.9. The predicted octanol–water partition coefficient (Wildman–Crippen LogP) is 1.38. The van der Waals surface area contributed by atoms with E-state index < -0.39 is 11.2 Å². The summed E-state index contributed by atoms with van der Waals surface area (Å²) >= 11 is 0. The third kappa shape index (κ3) is 3.01. The molecule has 1 aromatic carbocycles. The first-order valence-corrected chi connectivity index (χ1v) is 6.86. The molecule has 0 saturated carbocycles. The van der Waals surface area contributed by atoms with Crippen LogP contribution in [0.15, 0.2) is 18.2 Å². The quantitative estimate of drug-likeness (QED) is 0.880. The maximum Gasteiger partial charge on any atom is 0.230 e. The lowest BCUT2D eigenvalue weighted by molar-refractivity contribution is -0.131. The van der Waals surface area contributed by atoms with Gasteiger partial charge in [-0.05, 0) is 31.5 Å². The number of nitrogens with one attached hydrogen (secondary N) is 1. The fraction of sp³-hybridized carbons (Fsp3) is 0.533. The van der Waals surface area contributed by atoms with Crippen LogP contribution >= 0.6 is 0 Å². The highest BCUT2D eigenvalue weighted by Crippen LogP contribution is 2.29. The van der Waals surface area contributed by atoms with E-state index in [1.807, 2.05) is 0 Å². The number of methoxy groups -OCH3 is 1. The second-order valence-electron chi connectivity index (χ2n) is 5.63. The summed E-state index contributed by atoms with van der Waals surface area (Å²) in [4.78, 5) is 12.4. The minimum absolute atomic E-state index is 0.176. The van der Waals surface area contributed by atoms with Crippen molar-refractivity contribution in [3.05, 3.63) is 29.6 Å². The molecule has 2 rings (SSSR count). The molecule has 21 heavy (non-hydrogen) atoms. The van der Waals surface area contributed by atoms with Crippen LogP contribution in [-0.4, -0.2) is 32.3 Å². The van der Waals surface area contributed by atoms with Gasteiger partial charge in [0.1, 0.15) is 0 Å². The van der Waals surface area contributed by atoms with E-state index in [1.54, 1.807) is 26.0 Å². The predicted molar refractivity (Wildman–Crippen MR) is 76.4 cm³/mol. The van der Waals surface area contributed by atoms with Crippen molar-refractivity contribution in [2.45, 2.75) is 25.9 Å². The average Bonchev–Trinajstić information content (AvgIpc) is 2.79. The summed E-state index contributed by atoms with van der Waals surface area (Å²) in [5, 5.41) is 2.87. The third-order valence-electron chi connectivity index (χ3n) is 4.06. The van der Waals surface area contributed by atoms with Crippen molar-refractivity contribution in [1.82, 2.24) is 5.32 Å². The molecule has 1 fully saturated rings. The summed E-state index contributed by atoms with van der Waals surface area (Å²) in [7, 11) is 1.41. The van der Waals surface area contributed by atoms with Gasteiger partial charge in [0, 0.05) is 6.04 Å². The molecule has 6 heteroatoms. The molecule has 0 bridgehead atoms. The molecule has 0 spiro atoms. The van der Waals surface area contributed by atoms with Gasteiger partial charge in [0.05, 0.1) is 31.8 Å². The Morgan fingerprint density at radius 2 is 2.33 bits per heavy atom. The smallest absolute Gasteiger partial charge is 0.230 e. The summed E-state index contributed by atoms with van der Waals surface area (Å²) in [6, 6.07) is 3.96. The highest BCUT2D eigenvalue weighted by atomic mass is 19.1. The number of rotatable bonds is 4. The molecule has 1 saturated heterocycles. The van der Waals surface area contributed by atoms with Crippen molar-refractivity contribution in [3.63, 3.8) is 0 Å². The number of carbonyl (C=O) groups is 1. The van der Waals surface area contributed by atoms with Gasteiger partial charge in [-0.1, -0.05) is 6.07 Å². The van der Waals surface area contributed by atoms with E-state index in [0.717, 1.165) is 0 Å². The van der Waals surface area contributed by atoms with E-state index in [1.165, 1.54) is 13.2 Å². The van der Waals surface area contributed by atoms with E-state index >= 15 is 0 Å². The van der Waals surface area contributed by atoms with Crippen molar-refractivity contribution in [2.75, 3.05) is 20.3 Å². The standard InChI is InChI=1S/C15H21FN2O3/c1-9(10-4-5-12(20-3)11(16)6-10)18-14(19)15(2)8-21-7-13(15)17/h4-6,9,13H,7-8,17H2,1-3H3,(H,18,19). The SMILES string of the molecule is COc1ccc(C(C)NC(=O)C2(C)COCC2N)cc1F. The molecule has 1 amide bonds. The van der Waals surface area contributed by atoms with Crippen molar-refractivity contribution >= 4 is 5.91 Å². The fourth-order valence-electron chi connectivity index (χ4n) is 2.32. The summed E-state index contributed by atoms with van der Waals surface area (Å²) in [6.45, 7) is 4.24. The maximum atomic E-state index is 13.7. The van der Waals surface area contributed by atoms with Crippen molar-refractivity contribution in [3.8, 4) is 5.75 Å². The number of ether oxygens (including phenoxy) is 2. The monoisotopic (exact) mass is 296 g/mol. The summed E-state index contributed by atoms with van der Waals surface area (Å²) in [5.41, 5.74) is 5.84. The molecule has 0 radical (unpaired) electrons. The first-order valence-electron chi connectivity index (χ1n) is 6.86. The second-order valence-corrected chi connectivity index (χ2v) is 5.63. The Hall–Kier alpha value is -1.66. The van der Waals surface area contributed by atoms with Crippen LogP contribution in [0.1, 0.15) is 25.5 Å². The number of hydrogen-bond acceptors (Lipinski definition) is 4. The van der Waals surface area contributed by atoms with Crippen LogP contribution < -0.4 is 15.8 Å². The minimum atomic E-state index is -0.751. The van der Waals surface area contributed by atoms with Gasteiger partial charge in [-0.15, -0.1) is 0 Å². The lowest BCUT2D eigenvalue weighted by Gasteiger charge is -2.27. The first kappa shape index (κ1) is 15.7. The van der Waals surface area contributed by atoms with Crippen LogP contribution in [0.5, 0.6) is 5.75 Å². The van der Waals surface area contributed by atoms with Crippen molar-refractivity contribution in [2.24, 2.45) is 11.1 Å². The summed E-state index contributed by atoms with van der Waals surface area (Å²) in [5.74, 6) is -0.463.